The molecular weight excluding hydrogens is 272 g/mol. The van der Waals surface area contributed by atoms with Crippen molar-refractivity contribution in [2.24, 2.45) is 0 Å². The topological polar surface area (TPSA) is 33.3 Å². The zero-order valence-electron chi connectivity index (χ0n) is 12.7. The Morgan fingerprint density at radius 2 is 1.59 bits per heavy atom. The largest absolute Gasteiger partial charge is 0.496 e. The van der Waals surface area contributed by atoms with Gasteiger partial charge in [0.25, 0.3) is 0 Å². The van der Waals surface area contributed by atoms with Crippen molar-refractivity contribution in [2.75, 3.05) is 17.7 Å². The molecule has 0 aromatic heterocycles. The maximum Gasteiger partial charge on any atom is 0.123 e. The van der Waals surface area contributed by atoms with Crippen LogP contribution in [0, 0.1) is 6.92 Å². The Hall–Kier alpha value is -2.68. The molecule has 1 heterocycles. The van der Waals surface area contributed by atoms with Crippen LogP contribution in [0.5, 0.6) is 5.75 Å². The summed E-state index contributed by atoms with van der Waals surface area (Å²) in [7, 11) is 1.71. The molecule has 3 nitrogen and oxygen atoms in total. The van der Waals surface area contributed by atoms with Crippen molar-refractivity contribution in [1.29, 1.82) is 0 Å². The molecule has 22 heavy (non-hydrogen) atoms. The molecule has 0 aliphatic carbocycles. The summed E-state index contributed by atoms with van der Waals surface area (Å²) in [5, 5.41) is 9.66. The first kappa shape index (κ1) is 13.0. The fraction of sp³-hybridized carbons (Fsp3) is 0.158. The van der Waals surface area contributed by atoms with Crippen LogP contribution >= 0.6 is 0 Å². The lowest BCUT2D eigenvalue weighted by molar-refractivity contribution is 0.411. The lowest BCUT2D eigenvalue weighted by Gasteiger charge is -2.30. The summed E-state index contributed by atoms with van der Waals surface area (Å²) in [6, 6.07) is 19.0. The summed E-state index contributed by atoms with van der Waals surface area (Å²) >= 11 is 0. The van der Waals surface area contributed by atoms with Crippen molar-refractivity contribution in [3.63, 3.8) is 0 Å². The zero-order valence-corrected chi connectivity index (χ0v) is 12.7. The minimum Gasteiger partial charge on any atom is -0.496 e. The number of aryl methyl sites for hydroxylation is 1. The van der Waals surface area contributed by atoms with E-state index in [-0.39, 0.29) is 6.17 Å². The van der Waals surface area contributed by atoms with Gasteiger partial charge in [-0.1, -0.05) is 36.4 Å². The molecule has 0 spiro atoms. The number of benzene rings is 3. The van der Waals surface area contributed by atoms with E-state index in [1.165, 1.54) is 10.8 Å². The van der Waals surface area contributed by atoms with E-state index < -0.39 is 0 Å². The number of anilines is 2. The van der Waals surface area contributed by atoms with Crippen LogP contribution in [-0.2, 0) is 0 Å². The predicted octanol–water partition coefficient (Wildman–Crippen LogP) is 4.69. The van der Waals surface area contributed by atoms with Gasteiger partial charge in [-0.15, -0.1) is 0 Å². The van der Waals surface area contributed by atoms with Crippen molar-refractivity contribution >= 4 is 22.1 Å². The summed E-state index contributed by atoms with van der Waals surface area (Å²) in [5.41, 5.74) is 4.63. The van der Waals surface area contributed by atoms with Gasteiger partial charge in [-0.25, -0.2) is 0 Å². The molecule has 0 amide bonds. The minimum absolute atomic E-state index is 0.0370. The van der Waals surface area contributed by atoms with Crippen LogP contribution in [0.2, 0.25) is 0 Å². The van der Waals surface area contributed by atoms with E-state index in [1.807, 2.05) is 0 Å². The first-order valence-corrected chi connectivity index (χ1v) is 7.45. The summed E-state index contributed by atoms with van der Waals surface area (Å²) in [6.45, 7) is 2.06. The highest BCUT2D eigenvalue weighted by Gasteiger charge is 2.20. The van der Waals surface area contributed by atoms with Gasteiger partial charge in [0.1, 0.15) is 11.9 Å². The van der Waals surface area contributed by atoms with E-state index in [1.54, 1.807) is 7.11 Å². The Bertz CT molecular complexity index is 816. The van der Waals surface area contributed by atoms with Crippen LogP contribution < -0.4 is 15.4 Å². The first-order valence-electron chi connectivity index (χ1n) is 7.45. The molecule has 3 aromatic rings. The van der Waals surface area contributed by atoms with Crippen molar-refractivity contribution in [1.82, 2.24) is 0 Å². The second kappa shape index (κ2) is 4.95. The van der Waals surface area contributed by atoms with E-state index in [0.717, 1.165) is 28.3 Å². The zero-order chi connectivity index (χ0) is 15.1. The van der Waals surface area contributed by atoms with Gasteiger partial charge >= 0.3 is 0 Å². The number of rotatable bonds is 2. The Kier molecular flexibility index (Phi) is 2.93. The predicted molar refractivity (Wildman–Crippen MR) is 91.7 cm³/mol. The fourth-order valence-corrected chi connectivity index (χ4v) is 3.11. The average Bonchev–Trinajstić information content (AvgIpc) is 2.56. The summed E-state index contributed by atoms with van der Waals surface area (Å²) < 4.78 is 5.45. The third kappa shape index (κ3) is 1.98. The van der Waals surface area contributed by atoms with Gasteiger partial charge < -0.3 is 15.4 Å². The normalized spacial score (nSPS) is 13.5. The van der Waals surface area contributed by atoms with Gasteiger partial charge in [-0.3, -0.25) is 0 Å². The van der Waals surface area contributed by atoms with Crippen LogP contribution in [0.25, 0.3) is 10.8 Å². The number of methoxy groups -OCH3 is 1. The van der Waals surface area contributed by atoms with Crippen molar-refractivity contribution in [3.8, 4) is 5.75 Å². The van der Waals surface area contributed by atoms with E-state index in [9.17, 15) is 0 Å². The molecule has 0 unspecified atom stereocenters. The van der Waals surface area contributed by atoms with Gasteiger partial charge in [0, 0.05) is 16.8 Å². The van der Waals surface area contributed by atoms with Crippen molar-refractivity contribution in [2.45, 2.75) is 13.1 Å². The van der Waals surface area contributed by atoms with Gasteiger partial charge in [0.2, 0.25) is 0 Å². The number of ether oxygens (including phenoxy) is 1. The van der Waals surface area contributed by atoms with Crippen molar-refractivity contribution < 1.29 is 4.74 Å². The number of hydrogen-bond acceptors (Lipinski definition) is 3. The van der Waals surface area contributed by atoms with E-state index in [4.69, 9.17) is 4.74 Å². The Morgan fingerprint density at radius 3 is 2.23 bits per heavy atom. The number of nitrogens with one attached hydrogen (secondary N) is 2. The lowest BCUT2D eigenvalue weighted by atomic mass is 10.0. The van der Waals surface area contributed by atoms with Crippen LogP contribution in [-0.4, -0.2) is 7.11 Å². The molecule has 0 saturated carbocycles. The summed E-state index contributed by atoms with van der Waals surface area (Å²) in [5.74, 6) is 0.915. The molecule has 0 fully saturated rings. The Balaban J connectivity index is 1.78. The van der Waals surface area contributed by atoms with Crippen LogP contribution in [0.1, 0.15) is 17.3 Å². The molecule has 0 saturated heterocycles. The van der Waals surface area contributed by atoms with E-state index in [0.29, 0.717) is 0 Å². The highest BCUT2D eigenvalue weighted by molar-refractivity contribution is 6.04. The molecule has 2 N–H and O–H groups in total. The van der Waals surface area contributed by atoms with Gasteiger partial charge in [0.05, 0.1) is 7.11 Å². The summed E-state index contributed by atoms with van der Waals surface area (Å²) in [6.07, 6.45) is 0.0370. The second-order valence-electron chi connectivity index (χ2n) is 5.66. The molecule has 4 rings (SSSR count). The third-order valence-corrected chi connectivity index (χ3v) is 4.27. The van der Waals surface area contributed by atoms with Crippen LogP contribution in [0.15, 0.2) is 54.6 Å². The average molecular weight is 290 g/mol. The highest BCUT2D eigenvalue weighted by atomic mass is 16.5. The maximum atomic E-state index is 5.45. The lowest BCUT2D eigenvalue weighted by Crippen LogP contribution is -2.23. The maximum absolute atomic E-state index is 5.45. The molecule has 1 aliphatic rings. The first-order chi connectivity index (χ1) is 10.8. The molecule has 0 bridgehead atoms. The molecule has 3 heteroatoms. The van der Waals surface area contributed by atoms with Crippen LogP contribution in [0.4, 0.5) is 11.4 Å². The van der Waals surface area contributed by atoms with E-state index in [2.05, 4.69) is 72.2 Å². The molecule has 110 valence electrons. The quantitative estimate of drug-likeness (QED) is 0.718. The highest BCUT2D eigenvalue weighted by Crippen LogP contribution is 2.38. The monoisotopic (exact) mass is 290 g/mol. The van der Waals surface area contributed by atoms with Gasteiger partial charge in [-0.2, -0.15) is 0 Å². The molecular formula is C19H18N2O. The summed E-state index contributed by atoms with van der Waals surface area (Å²) in [4.78, 5) is 0. The van der Waals surface area contributed by atoms with Crippen molar-refractivity contribution in [3.05, 3.63) is 65.7 Å². The Morgan fingerprint density at radius 1 is 0.909 bits per heavy atom. The van der Waals surface area contributed by atoms with Gasteiger partial charge in [-0.05, 0) is 41.6 Å². The number of hydrogen-bond donors (Lipinski definition) is 2. The SMILES string of the molecule is COc1cc(C2Nc3cccc4cccc(c34)N2)ccc1C. The Labute approximate surface area is 129 Å². The second-order valence-corrected chi connectivity index (χ2v) is 5.66. The standard InChI is InChI=1S/C19H18N2O/c1-12-9-10-14(11-17(12)22-2)19-20-15-7-3-5-13-6-4-8-16(21-19)18(13)15/h3-11,19-21H,1-2H3. The molecule has 0 radical (unpaired) electrons. The van der Waals surface area contributed by atoms with E-state index >= 15 is 0 Å². The third-order valence-electron chi connectivity index (χ3n) is 4.27. The fourth-order valence-electron chi connectivity index (χ4n) is 3.11. The molecule has 3 aromatic carbocycles. The minimum atomic E-state index is 0.0370. The van der Waals surface area contributed by atoms with Gasteiger partial charge in [0.15, 0.2) is 0 Å². The molecule has 0 atom stereocenters. The molecule has 1 aliphatic heterocycles. The van der Waals surface area contributed by atoms with Crippen LogP contribution in [0.3, 0.4) is 0 Å². The smallest absolute Gasteiger partial charge is 0.123 e.